The zero-order chi connectivity index (χ0) is 11.5. The molecule has 2 aromatic rings. The van der Waals surface area contributed by atoms with Gasteiger partial charge in [0.05, 0.1) is 0 Å². The van der Waals surface area contributed by atoms with E-state index in [0.717, 1.165) is 10.0 Å². The van der Waals surface area contributed by atoms with Crippen molar-refractivity contribution in [3.8, 4) is 0 Å². The summed E-state index contributed by atoms with van der Waals surface area (Å²) in [5, 5.41) is 15.4. The molecule has 1 aromatic carbocycles. The molecular formula is C9H8BrN5O. The summed E-state index contributed by atoms with van der Waals surface area (Å²) in [6, 6.07) is 5.42. The lowest BCUT2D eigenvalue weighted by Crippen LogP contribution is -2.13. The van der Waals surface area contributed by atoms with Crippen molar-refractivity contribution in [2.24, 2.45) is 0 Å². The molecule has 7 heteroatoms. The fourth-order valence-electron chi connectivity index (χ4n) is 1.26. The number of aryl methyl sites for hydroxylation is 1. The van der Waals surface area contributed by atoms with Gasteiger partial charge in [-0.2, -0.15) is 5.21 Å². The molecule has 0 spiro atoms. The number of hydrogen-bond donors (Lipinski definition) is 2. The van der Waals surface area contributed by atoms with Crippen LogP contribution in [0.25, 0.3) is 0 Å². The van der Waals surface area contributed by atoms with Gasteiger partial charge in [-0.15, -0.1) is 5.10 Å². The molecule has 0 fully saturated rings. The van der Waals surface area contributed by atoms with Crippen LogP contribution in [0.1, 0.15) is 15.9 Å². The monoisotopic (exact) mass is 281 g/mol. The smallest absolute Gasteiger partial charge is 0.270 e. The predicted octanol–water partition coefficient (Wildman–Crippen LogP) is 1.52. The molecule has 2 rings (SSSR count). The SMILES string of the molecule is Cc1cc(Br)cc(C(=O)Nc2nn[nH]n2)c1. The molecule has 6 nitrogen and oxygen atoms in total. The third kappa shape index (κ3) is 2.43. The van der Waals surface area contributed by atoms with Crippen molar-refractivity contribution < 1.29 is 4.79 Å². The standard InChI is InChI=1S/C9H8BrN5O/c1-5-2-6(4-7(10)3-5)8(16)11-9-12-14-15-13-9/h2-4H,1H3,(H2,11,12,13,14,15,16). The lowest BCUT2D eigenvalue weighted by atomic mass is 10.1. The number of tetrazole rings is 1. The van der Waals surface area contributed by atoms with Gasteiger partial charge in [-0.3, -0.25) is 10.1 Å². The summed E-state index contributed by atoms with van der Waals surface area (Å²) >= 11 is 3.33. The van der Waals surface area contributed by atoms with E-state index in [1.165, 1.54) is 0 Å². The van der Waals surface area contributed by atoms with Crippen LogP contribution in [0, 0.1) is 6.92 Å². The average molecular weight is 282 g/mol. The number of carbonyl (C=O) groups is 1. The Morgan fingerprint density at radius 2 is 2.25 bits per heavy atom. The number of halogens is 1. The predicted molar refractivity (Wildman–Crippen MR) is 61.0 cm³/mol. The third-order valence-electron chi connectivity index (χ3n) is 1.87. The lowest BCUT2D eigenvalue weighted by Gasteiger charge is -2.02. The van der Waals surface area contributed by atoms with Crippen LogP contribution in [0.5, 0.6) is 0 Å². The van der Waals surface area contributed by atoms with E-state index in [0.29, 0.717) is 5.56 Å². The lowest BCUT2D eigenvalue weighted by molar-refractivity contribution is 0.102. The van der Waals surface area contributed by atoms with E-state index in [4.69, 9.17) is 0 Å². The number of benzene rings is 1. The fraction of sp³-hybridized carbons (Fsp3) is 0.111. The van der Waals surface area contributed by atoms with Crippen LogP contribution in [-0.2, 0) is 0 Å². The maximum Gasteiger partial charge on any atom is 0.270 e. The second-order valence-corrected chi connectivity index (χ2v) is 4.12. The van der Waals surface area contributed by atoms with Gasteiger partial charge >= 0.3 is 0 Å². The Labute approximate surface area is 99.6 Å². The van der Waals surface area contributed by atoms with Crippen molar-refractivity contribution in [2.75, 3.05) is 5.32 Å². The molecule has 0 saturated heterocycles. The van der Waals surface area contributed by atoms with Gasteiger partial charge in [0.1, 0.15) is 0 Å². The number of carbonyl (C=O) groups excluding carboxylic acids is 1. The van der Waals surface area contributed by atoms with Crippen LogP contribution in [0.15, 0.2) is 22.7 Å². The fourth-order valence-corrected chi connectivity index (χ4v) is 1.86. The normalized spacial score (nSPS) is 10.1. The van der Waals surface area contributed by atoms with Crippen LogP contribution >= 0.6 is 15.9 Å². The van der Waals surface area contributed by atoms with Crippen molar-refractivity contribution in [3.63, 3.8) is 0 Å². The second-order valence-electron chi connectivity index (χ2n) is 3.21. The molecule has 0 aliphatic carbocycles. The molecule has 0 atom stereocenters. The van der Waals surface area contributed by atoms with Crippen LogP contribution in [-0.4, -0.2) is 26.5 Å². The average Bonchev–Trinajstić information content (AvgIpc) is 2.68. The molecular weight excluding hydrogens is 274 g/mol. The van der Waals surface area contributed by atoms with Gasteiger partial charge < -0.3 is 0 Å². The molecule has 1 aromatic heterocycles. The van der Waals surface area contributed by atoms with E-state index in [1.54, 1.807) is 12.1 Å². The Morgan fingerprint density at radius 3 is 2.88 bits per heavy atom. The largest absolute Gasteiger partial charge is 0.288 e. The van der Waals surface area contributed by atoms with Gasteiger partial charge in [-0.1, -0.05) is 21.0 Å². The summed E-state index contributed by atoms with van der Waals surface area (Å²) in [7, 11) is 0. The molecule has 16 heavy (non-hydrogen) atoms. The highest BCUT2D eigenvalue weighted by Gasteiger charge is 2.09. The van der Waals surface area contributed by atoms with Gasteiger partial charge in [-0.05, 0) is 35.9 Å². The molecule has 0 saturated carbocycles. The number of aromatic nitrogens is 4. The van der Waals surface area contributed by atoms with Gasteiger partial charge in [-0.25, -0.2) is 0 Å². The summed E-state index contributed by atoms with van der Waals surface area (Å²) in [5.41, 5.74) is 1.53. The minimum absolute atomic E-state index is 0.155. The van der Waals surface area contributed by atoms with Crippen LogP contribution in [0.4, 0.5) is 5.95 Å². The number of anilines is 1. The van der Waals surface area contributed by atoms with Crippen molar-refractivity contribution in [3.05, 3.63) is 33.8 Å². The first-order chi connectivity index (χ1) is 7.65. The summed E-state index contributed by atoms with van der Waals surface area (Å²) in [4.78, 5) is 11.8. The number of rotatable bonds is 2. The molecule has 0 bridgehead atoms. The minimum Gasteiger partial charge on any atom is -0.288 e. The number of nitrogens with zero attached hydrogens (tertiary/aromatic N) is 3. The molecule has 0 aliphatic heterocycles. The molecule has 1 amide bonds. The molecule has 0 unspecified atom stereocenters. The Hall–Kier alpha value is -1.76. The molecule has 0 radical (unpaired) electrons. The van der Waals surface area contributed by atoms with Crippen molar-refractivity contribution in [1.82, 2.24) is 20.6 Å². The van der Waals surface area contributed by atoms with Gasteiger partial charge in [0, 0.05) is 10.0 Å². The van der Waals surface area contributed by atoms with Crippen LogP contribution in [0.3, 0.4) is 0 Å². The molecule has 82 valence electrons. The van der Waals surface area contributed by atoms with Crippen LogP contribution in [0.2, 0.25) is 0 Å². The Bertz CT molecular complexity index is 490. The topological polar surface area (TPSA) is 83.6 Å². The second kappa shape index (κ2) is 4.40. The van der Waals surface area contributed by atoms with E-state index in [2.05, 4.69) is 41.9 Å². The third-order valence-corrected chi connectivity index (χ3v) is 2.33. The number of amides is 1. The Morgan fingerprint density at radius 1 is 1.44 bits per heavy atom. The number of H-pyrrole nitrogens is 1. The van der Waals surface area contributed by atoms with Crippen molar-refractivity contribution in [1.29, 1.82) is 0 Å². The maximum atomic E-state index is 11.8. The maximum absolute atomic E-state index is 11.8. The first-order valence-electron chi connectivity index (χ1n) is 4.47. The highest BCUT2D eigenvalue weighted by Crippen LogP contribution is 2.15. The Balaban J connectivity index is 2.21. The Kier molecular flexibility index (Phi) is 2.95. The van der Waals surface area contributed by atoms with Crippen molar-refractivity contribution in [2.45, 2.75) is 6.92 Å². The van der Waals surface area contributed by atoms with E-state index < -0.39 is 0 Å². The first kappa shape index (κ1) is 10.7. The minimum atomic E-state index is -0.272. The molecule has 1 heterocycles. The van der Waals surface area contributed by atoms with Gasteiger partial charge in [0.2, 0.25) is 0 Å². The zero-order valence-corrected chi connectivity index (χ0v) is 9.95. The summed E-state index contributed by atoms with van der Waals surface area (Å²) in [6.45, 7) is 1.91. The van der Waals surface area contributed by atoms with E-state index in [9.17, 15) is 4.79 Å². The zero-order valence-electron chi connectivity index (χ0n) is 8.36. The summed E-state index contributed by atoms with van der Waals surface area (Å²) in [5.74, 6) is -0.117. The quantitative estimate of drug-likeness (QED) is 0.874. The van der Waals surface area contributed by atoms with Gasteiger partial charge in [0.15, 0.2) is 0 Å². The first-order valence-corrected chi connectivity index (χ1v) is 5.26. The van der Waals surface area contributed by atoms with E-state index >= 15 is 0 Å². The van der Waals surface area contributed by atoms with Gasteiger partial charge in [0.25, 0.3) is 11.9 Å². The number of nitrogens with one attached hydrogen (secondary N) is 2. The summed E-state index contributed by atoms with van der Waals surface area (Å²) < 4.78 is 0.853. The van der Waals surface area contributed by atoms with Crippen molar-refractivity contribution >= 4 is 27.8 Å². The highest BCUT2D eigenvalue weighted by atomic mass is 79.9. The van der Waals surface area contributed by atoms with E-state index in [-0.39, 0.29) is 11.9 Å². The number of aromatic amines is 1. The van der Waals surface area contributed by atoms with E-state index in [1.807, 2.05) is 13.0 Å². The highest BCUT2D eigenvalue weighted by molar-refractivity contribution is 9.10. The summed E-state index contributed by atoms with van der Waals surface area (Å²) in [6.07, 6.45) is 0. The number of hydrogen-bond acceptors (Lipinski definition) is 4. The molecule has 2 N–H and O–H groups in total. The molecule has 0 aliphatic rings. The van der Waals surface area contributed by atoms with Crippen LogP contribution < -0.4 is 5.32 Å².